The first kappa shape index (κ1) is 12.9. The molecule has 0 spiro atoms. The van der Waals surface area contributed by atoms with Crippen molar-refractivity contribution in [2.75, 3.05) is 13.1 Å². The van der Waals surface area contributed by atoms with Crippen LogP contribution in [0.5, 0.6) is 0 Å². The van der Waals surface area contributed by atoms with Crippen molar-refractivity contribution in [2.24, 2.45) is 0 Å². The number of aromatic nitrogens is 1. The molecule has 19 heavy (non-hydrogen) atoms. The van der Waals surface area contributed by atoms with Gasteiger partial charge in [0.25, 0.3) is 5.56 Å². The lowest BCUT2D eigenvalue weighted by Crippen LogP contribution is -2.28. The number of rotatable bonds is 2. The molecule has 5 heteroatoms. The highest BCUT2D eigenvalue weighted by Crippen LogP contribution is 2.34. The van der Waals surface area contributed by atoms with E-state index in [0.29, 0.717) is 5.92 Å². The van der Waals surface area contributed by atoms with E-state index in [0.717, 1.165) is 47.0 Å². The molecular weight excluding hydrogens is 280 g/mol. The molecule has 3 nitrogen and oxygen atoms in total. The van der Waals surface area contributed by atoms with Crippen LogP contribution in [0.1, 0.15) is 24.3 Å². The fourth-order valence-corrected chi connectivity index (χ4v) is 3.66. The van der Waals surface area contributed by atoms with Gasteiger partial charge in [-0.3, -0.25) is 9.17 Å². The van der Waals surface area contributed by atoms with E-state index in [2.05, 4.69) is 9.69 Å². The Morgan fingerprint density at radius 2 is 1.84 bits per heavy atom. The van der Waals surface area contributed by atoms with Gasteiger partial charge in [0.05, 0.1) is 4.88 Å². The van der Waals surface area contributed by atoms with E-state index in [-0.39, 0.29) is 5.56 Å². The summed E-state index contributed by atoms with van der Waals surface area (Å²) in [6.45, 7) is 1.97. The first-order valence-electron chi connectivity index (χ1n) is 6.44. The Bertz CT molecular complexity index is 611. The SMILES string of the molecule is O=c1[nH]sc(-c2ccc(Cl)cc2)c1C1CCNCC1. The third-order valence-electron chi connectivity index (χ3n) is 3.59. The Kier molecular flexibility index (Phi) is 3.73. The largest absolute Gasteiger partial charge is 0.317 e. The lowest BCUT2D eigenvalue weighted by molar-refractivity contribution is 0.459. The van der Waals surface area contributed by atoms with Crippen molar-refractivity contribution in [3.63, 3.8) is 0 Å². The van der Waals surface area contributed by atoms with Gasteiger partial charge in [-0.15, -0.1) is 0 Å². The molecule has 1 fully saturated rings. The second-order valence-electron chi connectivity index (χ2n) is 4.81. The molecule has 0 aliphatic carbocycles. The summed E-state index contributed by atoms with van der Waals surface area (Å²) < 4.78 is 2.88. The molecule has 1 aromatic carbocycles. The molecule has 1 saturated heterocycles. The Hall–Kier alpha value is -1.10. The summed E-state index contributed by atoms with van der Waals surface area (Å²) in [5, 5.41) is 4.05. The van der Waals surface area contributed by atoms with Gasteiger partial charge in [0, 0.05) is 10.6 Å². The van der Waals surface area contributed by atoms with Gasteiger partial charge in [0.2, 0.25) is 0 Å². The van der Waals surface area contributed by atoms with Crippen LogP contribution in [-0.4, -0.2) is 17.5 Å². The van der Waals surface area contributed by atoms with E-state index >= 15 is 0 Å². The van der Waals surface area contributed by atoms with Crippen LogP contribution in [0.15, 0.2) is 29.1 Å². The minimum Gasteiger partial charge on any atom is -0.317 e. The Balaban J connectivity index is 2.02. The predicted octanol–water partition coefficient (Wildman–Crippen LogP) is 3.22. The summed E-state index contributed by atoms with van der Waals surface area (Å²) in [7, 11) is 0. The molecule has 0 saturated carbocycles. The van der Waals surface area contributed by atoms with Crippen molar-refractivity contribution >= 4 is 23.1 Å². The molecule has 2 N–H and O–H groups in total. The lowest BCUT2D eigenvalue weighted by Gasteiger charge is -2.22. The Morgan fingerprint density at radius 3 is 2.53 bits per heavy atom. The molecule has 1 aliphatic rings. The molecular formula is C14H15ClN2OS. The summed E-state index contributed by atoms with van der Waals surface area (Å²) >= 11 is 7.35. The fourth-order valence-electron chi connectivity index (χ4n) is 2.61. The molecule has 0 amide bonds. The number of halogens is 1. The molecule has 0 unspecified atom stereocenters. The zero-order valence-electron chi connectivity index (χ0n) is 10.4. The molecule has 100 valence electrons. The Morgan fingerprint density at radius 1 is 1.16 bits per heavy atom. The average molecular weight is 295 g/mol. The lowest BCUT2D eigenvalue weighted by atomic mass is 9.89. The molecule has 1 aromatic heterocycles. The minimum atomic E-state index is 0.0712. The van der Waals surface area contributed by atoms with Crippen molar-refractivity contribution in [3.8, 4) is 10.4 Å². The topological polar surface area (TPSA) is 44.9 Å². The van der Waals surface area contributed by atoms with Gasteiger partial charge in [0.1, 0.15) is 0 Å². The van der Waals surface area contributed by atoms with E-state index in [1.54, 1.807) is 0 Å². The third kappa shape index (κ3) is 2.61. The summed E-state index contributed by atoms with van der Waals surface area (Å²) in [4.78, 5) is 13.2. The van der Waals surface area contributed by atoms with Gasteiger partial charge >= 0.3 is 0 Å². The van der Waals surface area contributed by atoms with E-state index in [9.17, 15) is 4.79 Å². The van der Waals surface area contributed by atoms with E-state index < -0.39 is 0 Å². The number of aromatic amines is 1. The molecule has 0 bridgehead atoms. The van der Waals surface area contributed by atoms with E-state index in [4.69, 9.17) is 11.6 Å². The number of hydrogen-bond donors (Lipinski definition) is 2. The maximum Gasteiger partial charge on any atom is 0.262 e. The average Bonchev–Trinajstić information content (AvgIpc) is 2.82. The monoisotopic (exact) mass is 294 g/mol. The second-order valence-corrected chi connectivity index (χ2v) is 6.06. The van der Waals surface area contributed by atoms with E-state index in [1.807, 2.05) is 24.3 Å². The first-order valence-corrected chi connectivity index (χ1v) is 7.63. The molecule has 0 radical (unpaired) electrons. The summed E-state index contributed by atoms with van der Waals surface area (Å²) in [5.41, 5.74) is 2.09. The highest BCUT2D eigenvalue weighted by molar-refractivity contribution is 7.09. The normalized spacial score (nSPS) is 16.7. The van der Waals surface area contributed by atoms with Crippen LogP contribution in [0.25, 0.3) is 10.4 Å². The van der Waals surface area contributed by atoms with Crippen LogP contribution in [0.3, 0.4) is 0 Å². The zero-order chi connectivity index (χ0) is 13.2. The smallest absolute Gasteiger partial charge is 0.262 e. The van der Waals surface area contributed by atoms with Gasteiger partial charge in [-0.2, -0.15) is 0 Å². The predicted molar refractivity (Wildman–Crippen MR) is 80.2 cm³/mol. The van der Waals surface area contributed by atoms with Crippen molar-refractivity contribution < 1.29 is 0 Å². The number of piperidine rings is 1. The van der Waals surface area contributed by atoms with Crippen LogP contribution in [0, 0.1) is 0 Å². The van der Waals surface area contributed by atoms with Crippen molar-refractivity contribution in [1.29, 1.82) is 0 Å². The third-order valence-corrected chi connectivity index (χ3v) is 4.79. The number of benzene rings is 1. The molecule has 2 heterocycles. The standard InChI is InChI=1S/C14H15ClN2OS/c15-11-3-1-10(2-4-11)13-12(14(18)17-19-13)9-5-7-16-8-6-9/h1-4,9,16H,5-8H2,(H,17,18). The highest BCUT2D eigenvalue weighted by atomic mass is 35.5. The summed E-state index contributed by atoms with van der Waals surface area (Å²) in [5.74, 6) is 0.363. The fraction of sp³-hybridized carbons (Fsp3) is 0.357. The highest BCUT2D eigenvalue weighted by Gasteiger charge is 2.23. The van der Waals surface area contributed by atoms with Gasteiger partial charge < -0.3 is 5.32 Å². The molecule has 3 rings (SSSR count). The van der Waals surface area contributed by atoms with E-state index in [1.165, 1.54) is 11.5 Å². The van der Waals surface area contributed by atoms with Gasteiger partial charge in [0.15, 0.2) is 0 Å². The molecule has 1 aliphatic heterocycles. The van der Waals surface area contributed by atoms with Crippen LogP contribution in [0.4, 0.5) is 0 Å². The van der Waals surface area contributed by atoms with Gasteiger partial charge in [-0.25, -0.2) is 0 Å². The summed E-state index contributed by atoms with van der Waals surface area (Å²) in [6.07, 6.45) is 2.06. The second kappa shape index (κ2) is 5.49. The van der Waals surface area contributed by atoms with Crippen molar-refractivity contribution in [3.05, 3.63) is 45.2 Å². The number of H-pyrrole nitrogens is 1. The van der Waals surface area contributed by atoms with Gasteiger partial charge in [-0.05, 0) is 49.5 Å². The zero-order valence-corrected chi connectivity index (χ0v) is 12.0. The van der Waals surface area contributed by atoms with Crippen LogP contribution < -0.4 is 10.9 Å². The summed E-state index contributed by atoms with van der Waals surface area (Å²) in [6, 6.07) is 7.69. The van der Waals surface area contributed by atoms with Crippen molar-refractivity contribution in [2.45, 2.75) is 18.8 Å². The molecule has 2 aromatic rings. The Labute approximate surface area is 120 Å². The maximum absolute atomic E-state index is 12.1. The maximum atomic E-state index is 12.1. The minimum absolute atomic E-state index is 0.0712. The quantitative estimate of drug-likeness (QED) is 0.893. The van der Waals surface area contributed by atoms with Crippen LogP contribution in [0.2, 0.25) is 5.02 Å². The van der Waals surface area contributed by atoms with Gasteiger partial charge in [-0.1, -0.05) is 35.3 Å². The van der Waals surface area contributed by atoms with Crippen molar-refractivity contribution in [1.82, 2.24) is 9.69 Å². The van der Waals surface area contributed by atoms with Crippen LogP contribution in [-0.2, 0) is 0 Å². The first-order chi connectivity index (χ1) is 9.25. The number of nitrogens with one attached hydrogen (secondary N) is 2. The van der Waals surface area contributed by atoms with Crippen LogP contribution >= 0.6 is 23.1 Å². The number of hydrogen-bond acceptors (Lipinski definition) is 3. The molecule has 0 atom stereocenters.